The second-order valence-electron chi connectivity index (χ2n) is 7.69. The molecule has 0 bridgehead atoms. The van der Waals surface area contributed by atoms with E-state index in [9.17, 15) is 14.4 Å². The van der Waals surface area contributed by atoms with Gasteiger partial charge in [-0.05, 0) is 42.9 Å². The molecule has 1 aliphatic carbocycles. The van der Waals surface area contributed by atoms with Gasteiger partial charge in [-0.15, -0.1) is 0 Å². The molecule has 2 aliphatic rings. The van der Waals surface area contributed by atoms with Crippen LogP contribution in [-0.4, -0.2) is 28.7 Å². The fraction of sp³-hybridized carbons (Fsp3) is 0.476. The van der Waals surface area contributed by atoms with E-state index in [0.717, 1.165) is 5.56 Å². The monoisotopic (exact) mass is 388 g/mol. The summed E-state index contributed by atoms with van der Waals surface area (Å²) in [7, 11) is 0. The predicted molar refractivity (Wildman–Crippen MR) is 104 cm³/mol. The van der Waals surface area contributed by atoms with Crippen LogP contribution >= 0.6 is 11.6 Å². The molecule has 1 aliphatic heterocycles. The quantitative estimate of drug-likeness (QED) is 0.600. The molecule has 144 valence electrons. The molecule has 3 atom stereocenters. The Morgan fingerprint density at radius 2 is 1.67 bits per heavy atom. The van der Waals surface area contributed by atoms with E-state index < -0.39 is 6.04 Å². The van der Waals surface area contributed by atoms with Crippen molar-refractivity contribution in [2.45, 2.75) is 45.7 Å². The van der Waals surface area contributed by atoms with E-state index in [0.29, 0.717) is 30.8 Å². The first-order valence-electron chi connectivity index (χ1n) is 9.42. The molecule has 0 spiro atoms. The molecule has 0 unspecified atom stereocenters. The van der Waals surface area contributed by atoms with Crippen molar-refractivity contribution in [2.24, 2.45) is 17.8 Å². The van der Waals surface area contributed by atoms with E-state index in [1.807, 2.05) is 38.1 Å². The average molecular weight is 389 g/mol. The molecule has 1 N–H and O–H groups in total. The number of rotatable bonds is 6. The molecule has 3 rings (SSSR count). The SMILES string of the molecule is CC(C)C[C@H](C(=O)NCc1ccc(Cl)cc1)N1C(=O)[C@H]2CC=CC[C@H]2C1=O. The van der Waals surface area contributed by atoms with E-state index in [1.54, 1.807) is 12.1 Å². The Bertz CT molecular complexity index is 731. The van der Waals surface area contributed by atoms with Gasteiger partial charge in [0.1, 0.15) is 6.04 Å². The zero-order valence-electron chi connectivity index (χ0n) is 15.7. The molecule has 1 saturated heterocycles. The van der Waals surface area contributed by atoms with Crippen LogP contribution in [0.4, 0.5) is 0 Å². The summed E-state index contributed by atoms with van der Waals surface area (Å²) in [5.41, 5.74) is 0.910. The Kier molecular flexibility index (Phi) is 6.00. The highest BCUT2D eigenvalue weighted by atomic mass is 35.5. The molecule has 0 saturated carbocycles. The number of fused-ring (bicyclic) bond motifs is 1. The van der Waals surface area contributed by atoms with Crippen LogP contribution in [0.5, 0.6) is 0 Å². The lowest BCUT2D eigenvalue weighted by atomic mass is 9.85. The molecular weight excluding hydrogens is 364 g/mol. The Morgan fingerprint density at radius 1 is 1.11 bits per heavy atom. The first kappa shape index (κ1) is 19.6. The maximum Gasteiger partial charge on any atom is 0.243 e. The lowest BCUT2D eigenvalue weighted by molar-refractivity contribution is -0.148. The summed E-state index contributed by atoms with van der Waals surface area (Å²) in [5, 5.41) is 3.51. The molecule has 27 heavy (non-hydrogen) atoms. The minimum atomic E-state index is -0.761. The van der Waals surface area contributed by atoms with Crippen LogP contribution < -0.4 is 5.32 Å². The van der Waals surface area contributed by atoms with Crippen molar-refractivity contribution in [3.63, 3.8) is 0 Å². The molecule has 5 nitrogen and oxygen atoms in total. The zero-order valence-corrected chi connectivity index (χ0v) is 16.4. The second kappa shape index (κ2) is 8.26. The van der Waals surface area contributed by atoms with Crippen molar-refractivity contribution in [2.75, 3.05) is 0 Å². The maximum absolute atomic E-state index is 12.9. The Hall–Kier alpha value is -2.14. The smallest absolute Gasteiger partial charge is 0.243 e. The normalized spacial score (nSPS) is 22.9. The number of nitrogens with one attached hydrogen (secondary N) is 1. The summed E-state index contributed by atoms with van der Waals surface area (Å²) in [6.45, 7) is 4.30. The van der Waals surface area contributed by atoms with Crippen molar-refractivity contribution < 1.29 is 14.4 Å². The van der Waals surface area contributed by atoms with Crippen LogP contribution in [0.15, 0.2) is 36.4 Å². The minimum absolute atomic E-state index is 0.178. The number of hydrogen-bond donors (Lipinski definition) is 1. The topological polar surface area (TPSA) is 66.5 Å². The van der Waals surface area contributed by atoms with Gasteiger partial charge in [-0.2, -0.15) is 0 Å². The fourth-order valence-electron chi connectivity index (χ4n) is 3.82. The number of likely N-dealkylation sites (tertiary alicyclic amines) is 1. The van der Waals surface area contributed by atoms with Crippen molar-refractivity contribution in [3.8, 4) is 0 Å². The number of carbonyl (C=O) groups excluding carboxylic acids is 3. The van der Waals surface area contributed by atoms with E-state index in [4.69, 9.17) is 11.6 Å². The largest absolute Gasteiger partial charge is 0.350 e. The average Bonchev–Trinajstić information content (AvgIpc) is 2.90. The highest BCUT2D eigenvalue weighted by Crippen LogP contribution is 2.37. The van der Waals surface area contributed by atoms with Crippen molar-refractivity contribution in [3.05, 3.63) is 47.0 Å². The fourth-order valence-corrected chi connectivity index (χ4v) is 3.94. The van der Waals surface area contributed by atoms with E-state index in [2.05, 4.69) is 5.32 Å². The molecule has 1 heterocycles. The highest BCUT2D eigenvalue weighted by molar-refractivity contribution is 6.30. The molecule has 1 aromatic carbocycles. The first-order chi connectivity index (χ1) is 12.9. The van der Waals surface area contributed by atoms with Crippen molar-refractivity contribution in [1.29, 1.82) is 0 Å². The number of amides is 3. The van der Waals surface area contributed by atoms with Crippen LogP contribution in [0.25, 0.3) is 0 Å². The maximum atomic E-state index is 12.9. The van der Waals surface area contributed by atoms with Crippen LogP contribution in [-0.2, 0) is 20.9 Å². The van der Waals surface area contributed by atoms with Gasteiger partial charge in [-0.1, -0.05) is 49.7 Å². The number of allylic oxidation sites excluding steroid dienone is 2. The number of imide groups is 1. The van der Waals surface area contributed by atoms with Gasteiger partial charge in [-0.3, -0.25) is 19.3 Å². The van der Waals surface area contributed by atoms with Gasteiger partial charge in [-0.25, -0.2) is 0 Å². The molecule has 0 radical (unpaired) electrons. The summed E-state index contributed by atoms with van der Waals surface area (Å²) < 4.78 is 0. The minimum Gasteiger partial charge on any atom is -0.350 e. The highest BCUT2D eigenvalue weighted by Gasteiger charge is 2.51. The lowest BCUT2D eigenvalue weighted by Gasteiger charge is -2.27. The van der Waals surface area contributed by atoms with Gasteiger partial charge in [0.05, 0.1) is 11.8 Å². The van der Waals surface area contributed by atoms with Crippen LogP contribution in [0.3, 0.4) is 0 Å². The molecule has 3 amide bonds. The van der Waals surface area contributed by atoms with Gasteiger partial charge in [0, 0.05) is 11.6 Å². The third-order valence-electron chi connectivity index (χ3n) is 5.23. The van der Waals surface area contributed by atoms with E-state index in [-0.39, 0.29) is 35.5 Å². The van der Waals surface area contributed by atoms with Crippen molar-refractivity contribution >= 4 is 29.3 Å². The molecule has 6 heteroatoms. The van der Waals surface area contributed by atoms with Gasteiger partial charge in [0.15, 0.2) is 0 Å². The van der Waals surface area contributed by atoms with E-state index in [1.165, 1.54) is 4.90 Å². The summed E-state index contributed by atoms with van der Waals surface area (Å²) in [6.07, 6.45) is 5.51. The van der Waals surface area contributed by atoms with E-state index >= 15 is 0 Å². The molecule has 0 aromatic heterocycles. The van der Waals surface area contributed by atoms with Gasteiger partial charge >= 0.3 is 0 Å². The van der Waals surface area contributed by atoms with Crippen LogP contribution in [0, 0.1) is 17.8 Å². The van der Waals surface area contributed by atoms with Gasteiger partial charge in [0.2, 0.25) is 17.7 Å². The number of benzene rings is 1. The summed E-state index contributed by atoms with van der Waals surface area (Å²) >= 11 is 5.89. The van der Waals surface area contributed by atoms with Crippen LogP contribution in [0.2, 0.25) is 5.02 Å². The Labute approximate surface area is 164 Å². The van der Waals surface area contributed by atoms with Crippen LogP contribution in [0.1, 0.15) is 38.7 Å². The zero-order chi connectivity index (χ0) is 19.6. The Morgan fingerprint density at radius 3 is 2.19 bits per heavy atom. The van der Waals surface area contributed by atoms with Crippen molar-refractivity contribution in [1.82, 2.24) is 10.2 Å². The summed E-state index contributed by atoms with van der Waals surface area (Å²) in [5.74, 6) is -1.16. The lowest BCUT2D eigenvalue weighted by Crippen LogP contribution is -2.50. The number of carbonyl (C=O) groups is 3. The first-order valence-corrected chi connectivity index (χ1v) is 9.80. The third kappa shape index (κ3) is 4.24. The summed E-state index contributed by atoms with van der Waals surface area (Å²) in [6, 6.07) is 6.45. The molecule has 1 fully saturated rings. The molecule has 1 aromatic rings. The molecular formula is C21H25ClN2O3. The second-order valence-corrected chi connectivity index (χ2v) is 8.13. The van der Waals surface area contributed by atoms with Gasteiger partial charge in [0.25, 0.3) is 0 Å². The predicted octanol–water partition coefficient (Wildman–Crippen LogP) is 3.32. The Balaban J connectivity index is 1.75. The standard InChI is InChI=1S/C21H25ClN2O3/c1-13(2)11-18(19(25)23-12-14-7-9-15(22)10-8-14)24-20(26)16-5-3-4-6-17(16)21(24)27/h3-4,7-10,13,16-18H,5-6,11-12H2,1-2H3,(H,23,25)/t16-,17+,18-/m1/s1. The number of halogens is 1. The summed E-state index contributed by atoms with van der Waals surface area (Å²) in [4.78, 5) is 39.9. The number of hydrogen-bond acceptors (Lipinski definition) is 3. The van der Waals surface area contributed by atoms with Gasteiger partial charge < -0.3 is 5.32 Å². The third-order valence-corrected chi connectivity index (χ3v) is 5.48. The number of nitrogens with zero attached hydrogens (tertiary/aromatic N) is 1.